The van der Waals surface area contributed by atoms with Crippen LogP contribution in [0.15, 0.2) is 35.3 Å². The zero-order valence-electron chi connectivity index (χ0n) is 13.5. The lowest BCUT2D eigenvalue weighted by molar-refractivity contribution is -0.127. The number of benzene rings is 1. The highest BCUT2D eigenvalue weighted by Gasteiger charge is 2.38. The van der Waals surface area contributed by atoms with Crippen molar-refractivity contribution >= 4 is 11.9 Å². The zero-order chi connectivity index (χ0) is 16.2. The quantitative estimate of drug-likeness (QED) is 0.663. The lowest BCUT2D eigenvalue weighted by Gasteiger charge is -2.28. The summed E-state index contributed by atoms with van der Waals surface area (Å²) in [5.41, 5.74) is 7.26. The number of morpholine rings is 1. The predicted molar refractivity (Wildman–Crippen MR) is 88.9 cm³/mol. The van der Waals surface area contributed by atoms with Crippen molar-refractivity contribution in [1.82, 2.24) is 9.80 Å². The number of hydrogen-bond acceptors (Lipinski definition) is 3. The third kappa shape index (κ3) is 3.47. The summed E-state index contributed by atoms with van der Waals surface area (Å²) in [7, 11) is 1.87. The fourth-order valence-corrected chi connectivity index (χ4v) is 3.36. The number of amides is 1. The van der Waals surface area contributed by atoms with Crippen molar-refractivity contribution in [3.05, 3.63) is 35.9 Å². The topological polar surface area (TPSA) is 71.2 Å². The summed E-state index contributed by atoms with van der Waals surface area (Å²) in [6, 6.07) is 10.2. The van der Waals surface area contributed by atoms with Gasteiger partial charge in [-0.25, -0.2) is 0 Å². The van der Waals surface area contributed by atoms with Crippen LogP contribution in [0.1, 0.15) is 18.0 Å². The van der Waals surface area contributed by atoms with E-state index in [9.17, 15) is 4.79 Å². The summed E-state index contributed by atoms with van der Waals surface area (Å²) < 4.78 is 5.33. The van der Waals surface area contributed by atoms with Crippen LogP contribution < -0.4 is 5.73 Å². The van der Waals surface area contributed by atoms with Crippen molar-refractivity contribution in [3.63, 3.8) is 0 Å². The van der Waals surface area contributed by atoms with E-state index in [1.165, 1.54) is 0 Å². The van der Waals surface area contributed by atoms with Crippen molar-refractivity contribution in [2.24, 2.45) is 16.6 Å². The second-order valence-corrected chi connectivity index (χ2v) is 6.12. The first-order valence-electron chi connectivity index (χ1n) is 8.10. The van der Waals surface area contributed by atoms with Crippen LogP contribution in [-0.4, -0.2) is 61.6 Å². The van der Waals surface area contributed by atoms with E-state index >= 15 is 0 Å². The summed E-state index contributed by atoms with van der Waals surface area (Å²) in [6.07, 6.45) is 0.524. The van der Waals surface area contributed by atoms with Gasteiger partial charge in [-0.15, -0.1) is 0 Å². The molecule has 6 heteroatoms. The second-order valence-electron chi connectivity index (χ2n) is 6.12. The Labute approximate surface area is 136 Å². The number of nitrogens with zero attached hydrogens (tertiary/aromatic N) is 3. The number of rotatable bonds is 3. The van der Waals surface area contributed by atoms with Crippen LogP contribution in [0, 0.1) is 5.92 Å². The molecule has 0 bridgehead atoms. The maximum Gasteiger partial charge on any atom is 0.223 e. The number of likely N-dealkylation sites (tertiary alicyclic amines) is 1. The van der Waals surface area contributed by atoms with Crippen molar-refractivity contribution in [1.29, 1.82) is 0 Å². The molecular formula is C17H24N4O2. The fraction of sp³-hybridized carbons (Fsp3) is 0.529. The van der Waals surface area contributed by atoms with E-state index in [0.717, 1.165) is 18.7 Å². The van der Waals surface area contributed by atoms with Gasteiger partial charge in [-0.3, -0.25) is 9.79 Å². The highest BCUT2D eigenvalue weighted by molar-refractivity contribution is 5.80. The first-order chi connectivity index (χ1) is 11.2. The Morgan fingerprint density at radius 1 is 1.30 bits per heavy atom. The van der Waals surface area contributed by atoms with Crippen LogP contribution in [-0.2, 0) is 9.53 Å². The number of nitrogens with two attached hydrogens (primary N) is 1. The standard InChI is InChI=1S/C17H24N4O2/c1-20-15(22)11-14(16(20)13-5-3-2-4-6-13)12-19-17(18)21-7-9-23-10-8-21/h2-6,14,16H,7-12H2,1H3,(H2,18,19). The van der Waals surface area contributed by atoms with Gasteiger partial charge in [0.15, 0.2) is 5.96 Å². The molecule has 2 fully saturated rings. The van der Waals surface area contributed by atoms with Crippen LogP contribution in [0.5, 0.6) is 0 Å². The molecule has 3 rings (SSSR count). The minimum atomic E-state index is 0.0740. The molecule has 2 N–H and O–H groups in total. The molecule has 1 amide bonds. The summed E-state index contributed by atoms with van der Waals surface area (Å²) in [4.78, 5) is 20.6. The summed E-state index contributed by atoms with van der Waals surface area (Å²) in [5.74, 6) is 0.889. The van der Waals surface area contributed by atoms with Gasteiger partial charge < -0.3 is 20.3 Å². The average Bonchev–Trinajstić information content (AvgIpc) is 2.88. The van der Waals surface area contributed by atoms with Gasteiger partial charge in [0, 0.05) is 39.0 Å². The SMILES string of the molecule is CN1C(=O)CC(CN=C(N)N2CCOCC2)C1c1ccccc1. The number of carbonyl (C=O) groups excluding carboxylic acids is 1. The number of aliphatic imine (C=N–C) groups is 1. The molecule has 23 heavy (non-hydrogen) atoms. The molecule has 1 aromatic rings. The third-order valence-corrected chi connectivity index (χ3v) is 4.66. The lowest BCUT2D eigenvalue weighted by Crippen LogP contribution is -2.45. The van der Waals surface area contributed by atoms with Gasteiger partial charge in [0.1, 0.15) is 0 Å². The molecule has 2 aliphatic rings. The van der Waals surface area contributed by atoms with Crippen LogP contribution in [0.3, 0.4) is 0 Å². The Morgan fingerprint density at radius 2 is 2.00 bits per heavy atom. The fourth-order valence-electron chi connectivity index (χ4n) is 3.36. The van der Waals surface area contributed by atoms with Crippen LogP contribution >= 0.6 is 0 Å². The molecule has 2 unspecified atom stereocenters. The van der Waals surface area contributed by atoms with Gasteiger partial charge in [0.25, 0.3) is 0 Å². The minimum absolute atomic E-state index is 0.0740. The molecule has 6 nitrogen and oxygen atoms in total. The average molecular weight is 316 g/mol. The third-order valence-electron chi connectivity index (χ3n) is 4.66. The molecular weight excluding hydrogens is 292 g/mol. The van der Waals surface area contributed by atoms with Gasteiger partial charge in [0.05, 0.1) is 19.3 Å². The van der Waals surface area contributed by atoms with Gasteiger partial charge in [-0.05, 0) is 5.56 Å². The first kappa shape index (κ1) is 15.8. The van der Waals surface area contributed by atoms with Gasteiger partial charge >= 0.3 is 0 Å². The van der Waals surface area contributed by atoms with E-state index in [-0.39, 0.29) is 17.9 Å². The van der Waals surface area contributed by atoms with E-state index < -0.39 is 0 Å². The van der Waals surface area contributed by atoms with Crippen LogP contribution in [0.2, 0.25) is 0 Å². The van der Waals surface area contributed by atoms with E-state index in [4.69, 9.17) is 10.5 Å². The number of hydrogen-bond donors (Lipinski definition) is 1. The summed E-state index contributed by atoms with van der Waals surface area (Å²) in [5, 5.41) is 0. The van der Waals surface area contributed by atoms with Crippen LogP contribution in [0.4, 0.5) is 0 Å². The highest BCUT2D eigenvalue weighted by atomic mass is 16.5. The largest absolute Gasteiger partial charge is 0.378 e. The number of carbonyl (C=O) groups is 1. The van der Waals surface area contributed by atoms with Crippen LogP contribution in [0.25, 0.3) is 0 Å². The van der Waals surface area contributed by atoms with Gasteiger partial charge in [0.2, 0.25) is 5.91 Å². The maximum absolute atomic E-state index is 12.1. The molecule has 0 spiro atoms. The Bertz CT molecular complexity index is 569. The number of ether oxygens (including phenoxy) is 1. The molecule has 124 valence electrons. The lowest BCUT2D eigenvalue weighted by atomic mass is 9.94. The summed E-state index contributed by atoms with van der Waals surface area (Å²) in [6.45, 7) is 3.50. The first-order valence-corrected chi connectivity index (χ1v) is 8.10. The van der Waals surface area contributed by atoms with Gasteiger partial charge in [-0.1, -0.05) is 30.3 Å². The smallest absolute Gasteiger partial charge is 0.223 e. The monoisotopic (exact) mass is 316 g/mol. The summed E-state index contributed by atoms with van der Waals surface area (Å²) >= 11 is 0. The van der Waals surface area contributed by atoms with Crippen molar-refractivity contribution in [2.45, 2.75) is 12.5 Å². The molecule has 2 aliphatic heterocycles. The van der Waals surface area contributed by atoms with E-state index in [2.05, 4.69) is 17.1 Å². The Morgan fingerprint density at radius 3 is 2.70 bits per heavy atom. The molecule has 2 saturated heterocycles. The maximum atomic E-state index is 12.1. The second kappa shape index (κ2) is 7.00. The molecule has 1 aromatic carbocycles. The predicted octanol–water partition coefficient (Wildman–Crippen LogP) is 0.853. The van der Waals surface area contributed by atoms with Crippen molar-refractivity contribution in [2.75, 3.05) is 39.9 Å². The molecule has 0 aliphatic carbocycles. The van der Waals surface area contributed by atoms with E-state index in [0.29, 0.717) is 32.1 Å². The highest BCUT2D eigenvalue weighted by Crippen LogP contribution is 2.36. The minimum Gasteiger partial charge on any atom is -0.378 e. The Kier molecular flexibility index (Phi) is 4.81. The molecule has 2 heterocycles. The Hall–Kier alpha value is -2.08. The normalized spacial score (nSPS) is 26.0. The van der Waals surface area contributed by atoms with Crippen molar-refractivity contribution < 1.29 is 9.53 Å². The molecule has 0 saturated carbocycles. The van der Waals surface area contributed by atoms with E-state index in [1.54, 1.807) is 0 Å². The van der Waals surface area contributed by atoms with E-state index in [1.807, 2.05) is 35.0 Å². The number of guanidine groups is 1. The molecule has 0 aromatic heterocycles. The molecule has 2 atom stereocenters. The van der Waals surface area contributed by atoms with Gasteiger partial charge in [-0.2, -0.15) is 0 Å². The Balaban J connectivity index is 1.71. The molecule has 0 radical (unpaired) electrons. The van der Waals surface area contributed by atoms with Crippen molar-refractivity contribution in [3.8, 4) is 0 Å². The zero-order valence-corrected chi connectivity index (χ0v) is 13.5.